The van der Waals surface area contributed by atoms with Gasteiger partial charge in [-0.05, 0) is 24.6 Å². The molecule has 0 amide bonds. The van der Waals surface area contributed by atoms with Gasteiger partial charge in [0.05, 0.1) is 11.9 Å². The summed E-state index contributed by atoms with van der Waals surface area (Å²) >= 11 is 0. The number of rotatable bonds is 3. The van der Waals surface area contributed by atoms with Gasteiger partial charge in [0.25, 0.3) is 0 Å². The minimum absolute atomic E-state index is 0.0870. The van der Waals surface area contributed by atoms with E-state index in [0.717, 1.165) is 16.8 Å². The van der Waals surface area contributed by atoms with Crippen LogP contribution < -0.4 is 5.73 Å². The van der Waals surface area contributed by atoms with Crippen LogP contribution in [0.15, 0.2) is 30.5 Å². The van der Waals surface area contributed by atoms with Crippen molar-refractivity contribution in [2.75, 3.05) is 12.3 Å². The van der Waals surface area contributed by atoms with Crippen LogP contribution in [0, 0.1) is 6.92 Å². The van der Waals surface area contributed by atoms with Gasteiger partial charge in [-0.1, -0.05) is 12.1 Å². The maximum absolute atomic E-state index is 8.88. The second-order valence-electron chi connectivity index (χ2n) is 3.78. The highest BCUT2D eigenvalue weighted by molar-refractivity contribution is 5.47. The summed E-state index contributed by atoms with van der Waals surface area (Å²) in [5.74, 6) is 0.597. The van der Waals surface area contributed by atoms with Crippen LogP contribution in [0.3, 0.4) is 0 Å². The van der Waals surface area contributed by atoms with Crippen LogP contribution >= 0.6 is 0 Å². The monoisotopic (exact) mass is 217 g/mol. The van der Waals surface area contributed by atoms with E-state index in [0.29, 0.717) is 12.2 Å². The van der Waals surface area contributed by atoms with Crippen LogP contribution in [0.5, 0.6) is 0 Å². The van der Waals surface area contributed by atoms with Crippen LogP contribution in [-0.4, -0.2) is 21.5 Å². The molecule has 1 aromatic carbocycles. The van der Waals surface area contributed by atoms with Gasteiger partial charge in [-0.15, -0.1) is 0 Å². The van der Waals surface area contributed by atoms with E-state index in [9.17, 15) is 0 Å². The predicted molar refractivity (Wildman–Crippen MR) is 63.5 cm³/mol. The number of nitrogens with zero attached hydrogens (tertiary/aromatic N) is 2. The molecule has 2 aromatic rings. The molecule has 0 atom stereocenters. The molecule has 84 valence electrons. The third-order valence-electron chi connectivity index (χ3n) is 2.51. The molecule has 0 radical (unpaired) electrons. The van der Waals surface area contributed by atoms with E-state index < -0.39 is 0 Å². The van der Waals surface area contributed by atoms with Gasteiger partial charge in [0, 0.05) is 18.6 Å². The highest BCUT2D eigenvalue weighted by atomic mass is 16.2. The molecule has 0 bridgehead atoms. The molecule has 0 unspecified atom stereocenters. The Morgan fingerprint density at radius 3 is 2.94 bits per heavy atom. The summed E-state index contributed by atoms with van der Waals surface area (Å²) in [6.07, 6.45) is 2.24. The predicted octanol–water partition coefficient (Wildman–Crippen LogP) is 1.30. The fourth-order valence-corrected chi connectivity index (χ4v) is 1.67. The zero-order chi connectivity index (χ0) is 11.5. The van der Waals surface area contributed by atoms with Crippen molar-refractivity contribution in [1.29, 1.82) is 0 Å². The van der Waals surface area contributed by atoms with Crippen molar-refractivity contribution in [1.82, 2.24) is 9.78 Å². The Labute approximate surface area is 94.3 Å². The van der Waals surface area contributed by atoms with E-state index in [2.05, 4.69) is 5.10 Å². The summed E-state index contributed by atoms with van der Waals surface area (Å²) in [7, 11) is 0. The first-order valence-electron chi connectivity index (χ1n) is 5.22. The Bertz CT molecular complexity index is 491. The number of hydrogen-bond donors (Lipinski definition) is 2. The van der Waals surface area contributed by atoms with E-state index >= 15 is 0 Å². The third-order valence-corrected chi connectivity index (χ3v) is 2.51. The standard InChI is InChI=1S/C12H15N3O/c1-9-3-2-4-11(7-9)15-12(13)10(5-6-16)8-14-15/h2-4,7-8,16H,5-6,13H2,1H3. The number of nitrogens with two attached hydrogens (primary N) is 1. The van der Waals surface area contributed by atoms with Gasteiger partial charge in [-0.3, -0.25) is 0 Å². The molecule has 0 aliphatic rings. The molecule has 4 heteroatoms. The first-order chi connectivity index (χ1) is 7.72. The van der Waals surface area contributed by atoms with Gasteiger partial charge >= 0.3 is 0 Å². The fraction of sp³-hybridized carbons (Fsp3) is 0.250. The molecular weight excluding hydrogens is 202 g/mol. The van der Waals surface area contributed by atoms with Gasteiger partial charge in [0.1, 0.15) is 5.82 Å². The summed E-state index contributed by atoms with van der Waals surface area (Å²) in [4.78, 5) is 0. The number of aromatic nitrogens is 2. The molecule has 3 N–H and O–H groups in total. The van der Waals surface area contributed by atoms with Gasteiger partial charge < -0.3 is 10.8 Å². The van der Waals surface area contributed by atoms with Crippen LogP contribution in [0.25, 0.3) is 5.69 Å². The second-order valence-corrected chi connectivity index (χ2v) is 3.78. The van der Waals surface area contributed by atoms with E-state index in [1.807, 2.05) is 31.2 Å². The number of aryl methyl sites for hydroxylation is 1. The lowest BCUT2D eigenvalue weighted by atomic mass is 10.2. The summed E-state index contributed by atoms with van der Waals surface area (Å²) < 4.78 is 1.69. The molecule has 0 aliphatic heterocycles. The minimum atomic E-state index is 0.0870. The first-order valence-corrected chi connectivity index (χ1v) is 5.22. The van der Waals surface area contributed by atoms with Crippen molar-refractivity contribution in [3.63, 3.8) is 0 Å². The highest BCUT2D eigenvalue weighted by Crippen LogP contribution is 2.17. The van der Waals surface area contributed by atoms with Crippen molar-refractivity contribution in [3.05, 3.63) is 41.6 Å². The SMILES string of the molecule is Cc1cccc(-n2ncc(CCO)c2N)c1. The first kappa shape index (κ1) is 10.7. The van der Waals surface area contributed by atoms with Crippen molar-refractivity contribution in [3.8, 4) is 5.69 Å². The molecule has 0 fully saturated rings. The average molecular weight is 217 g/mol. The molecule has 0 saturated heterocycles. The maximum atomic E-state index is 8.88. The van der Waals surface area contributed by atoms with E-state index in [1.165, 1.54) is 0 Å². The Balaban J connectivity index is 2.41. The smallest absolute Gasteiger partial charge is 0.130 e. The van der Waals surface area contributed by atoms with E-state index in [4.69, 9.17) is 10.8 Å². The van der Waals surface area contributed by atoms with Crippen molar-refractivity contribution in [2.45, 2.75) is 13.3 Å². The molecule has 1 aromatic heterocycles. The number of anilines is 1. The topological polar surface area (TPSA) is 64.1 Å². The van der Waals surface area contributed by atoms with Crippen molar-refractivity contribution in [2.24, 2.45) is 0 Å². The van der Waals surface area contributed by atoms with Gasteiger partial charge in [-0.25, -0.2) is 4.68 Å². The lowest BCUT2D eigenvalue weighted by Gasteiger charge is -2.05. The lowest BCUT2D eigenvalue weighted by molar-refractivity contribution is 0.300. The zero-order valence-corrected chi connectivity index (χ0v) is 9.22. The average Bonchev–Trinajstić information content (AvgIpc) is 2.61. The van der Waals surface area contributed by atoms with E-state index in [-0.39, 0.29) is 6.61 Å². The Hall–Kier alpha value is -1.81. The summed E-state index contributed by atoms with van der Waals surface area (Å²) in [6.45, 7) is 2.11. The Kier molecular flexibility index (Phi) is 2.92. The van der Waals surface area contributed by atoms with Gasteiger partial charge in [-0.2, -0.15) is 5.10 Å². The zero-order valence-electron chi connectivity index (χ0n) is 9.22. The Morgan fingerprint density at radius 1 is 1.44 bits per heavy atom. The van der Waals surface area contributed by atoms with Crippen LogP contribution in [0.2, 0.25) is 0 Å². The fourth-order valence-electron chi connectivity index (χ4n) is 1.67. The van der Waals surface area contributed by atoms with Crippen molar-refractivity contribution >= 4 is 5.82 Å². The van der Waals surface area contributed by atoms with Crippen molar-refractivity contribution < 1.29 is 5.11 Å². The Morgan fingerprint density at radius 2 is 2.25 bits per heavy atom. The number of aliphatic hydroxyl groups is 1. The molecule has 1 heterocycles. The normalized spacial score (nSPS) is 10.6. The molecule has 0 aliphatic carbocycles. The summed E-state index contributed by atoms with van der Waals surface area (Å²) in [5.41, 5.74) is 8.95. The number of benzene rings is 1. The minimum Gasteiger partial charge on any atom is -0.396 e. The summed E-state index contributed by atoms with van der Waals surface area (Å²) in [5, 5.41) is 13.1. The third kappa shape index (κ3) is 1.92. The molecule has 2 rings (SSSR count). The summed E-state index contributed by atoms with van der Waals surface area (Å²) in [6, 6.07) is 7.97. The number of nitrogen functional groups attached to an aromatic ring is 1. The van der Waals surface area contributed by atoms with E-state index in [1.54, 1.807) is 10.9 Å². The molecule has 16 heavy (non-hydrogen) atoms. The maximum Gasteiger partial charge on any atom is 0.130 e. The van der Waals surface area contributed by atoms with Gasteiger partial charge in [0.15, 0.2) is 0 Å². The number of hydrogen-bond acceptors (Lipinski definition) is 3. The molecule has 0 spiro atoms. The number of aliphatic hydroxyl groups excluding tert-OH is 1. The second kappa shape index (κ2) is 4.37. The van der Waals surface area contributed by atoms with Crippen LogP contribution in [-0.2, 0) is 6.42 Å². The van der Waals surface area contributed by atoms with Crippen LogP contribution in [0.1, 0.15) is 11.1 Å². The molecular formula is C12H15N3O. The quantitative estimate of drug-likeness (QED) is 0.814. The van der Waals surface area contributed by atoms with Crippen LogP contribution in [0.4, 0.5) is 5.82 Å². The molecule has 0 saturated carbocycles. The lowest BCUT2D eigenvalue weighted by Crippen LogP contribution is -2.03. The molecule has 4 nitrogen and oxygen atoms in total. The highest BCUT2D eigenvalue weighted by Gasteiger charge is 2.08. The van der Waals surface area contributed by atoms with Gasteiger partial charge in [0.2, 0.25) is 0 Å². The largest absolute Gasteiger partial charge is 0.396 e.